The quantitative estimate of drug-likeness (QED) is 0.728. The van der Waals surface area contributed by atoms with Crippen LogP contribution >= 0.6 is 0 Å². The number of Topliss-reactive ketones (excluding diaryl/α,β-unsaturated/α-hetero) is 1. The minimum Gasteiger partial charge on any atom is -0.371 e. The van der Waals surface area contributed by atoms with Crippen LogP contribution in [-0.4, -0.2) is 18.9 Å². The van der Waals surface area contributed by atoms with Crippen molar-refractivity contribution in [2.24, 2.45) is 0 Å². The third kappa shape index (κ3) is 2.84. The van der Waals surface area contributed by atoms with E-state index in [1.165, 1.54) is 13.0 Å². The Hall–Kier alpha value is -1.38. The lowest BCUT2D eigenvalue weighted by Gasteiger charge is -2.30. The molecule has 2 nitrogen and oxygen atoms in total. The van der Waals surface area contributed by atoms with E-state index in [0.29, 0.717) is 11.7 Å². The molecule has 0 amide bonds. The van der Waals surface area contributed by atoms with Crippen molar-refractivity contribution in [3.05, 3.63) is 29.6 Å². The first-order valence-corrected chi connectivity index (χ1v) is 6.05. The normalized spacial score (nSPS) is 10.7. The van der Waals surface area contributed by atoms with Gasteiger partial charge in [-0.25, -0.2) is 4.39 Å². The van der Waals surface area contributed by atoms with Crippen molar-refractivity contribution < 1.29 is 9.18 Å². The highest BCUT2D eigenvalue weighted by Crippen LogP contribution is 2.26. The van der Waals surface area contributed by atoms with Crippen molar-refractivity contribution in [1.29, 1.82) is 0 Å². The predicted molar refractivity (Wildman–Crippen MR) is 69.2 cm³/mol. The van der Waals surface area contributed by atoms with Crippen molar-refractivity contribution in [3.63, 3.8) is 0 Å². The topological polar surface area (TPSA) is 20.3 Å². The molecule has 0 aliphatic carbocycles. The number of halogens is 1. The highest BCUT2D eigenvalue weighted by atomic mass is 19.1. The first kappa shape index (κ1) is 13.7. The summed E-state index contributed by atoms with van der Waals surface area (Å²) in [6.45, 7) is 5.59. The molecule has 3 heteroatoms. The number of ketones is 1. The van der Waals surface area contributed by atoms with Gasteiger partial charge in [0.25, 0.3) is 0 Å². The molecule has 0 fully saturated rings. The fraction of sp³-hybridized carbons (Fsp3) is 0.500. The van der Waals surface area contributed by atoms with E-state index in [9.17, 15) is 9.18 Å². The van der Waals surface area contributed by atoms with E-state index in [1.54, 1.807) is 12.1 Å². The number of hydrogen-bond acceptors (Lipinski definition) is 2. The van der Waals surface area contributed by atoms with Crippen molar-refractivity contribution >= 4 is 11.5 Å². The van der Waals surface area contributed by atoms with E-state index in [2.05, 4.69) is 13.8 Å². The van der Waals surface area contributed by atoms with Crippen LogP contribution in [0.1, 0.15) is 44.0 Å². The molecule has 0 bridgehead atoms. The summed E-state index contributed by atoms with van der Waals surface area (Å²) in [5, 5.41) is 0. The number of carbonyl (C=O) groups excluding carboxylic acids is 1. The molecule has 0 radical (unpaired) electrons. The number of carbonyl (C=O) groups is 1. The highest BCUT2D eigenvalue weighted by Gasteiger charge is 2.19. The number of nitrogens with zero attached hydrogens (tertiary/aromatic N) is 1. The molecule has 0 spiro atoms. The fourth-order valence-electron chi connectivity index (χ4n) is 2.19. The molecular weight excluding hydrogens is 217 g/mol. The van der Waals surface area contributed by atoms with Crippen LogP contribution in [0.5, 0.6) is 0 Å². The maximum Gasteiger partial charge on any atom is 0.164 e. The summed E-state index contributed by atoms with van der Waals surface area (Å²) in [7, 11) is 1.92. The zero-order valence-electron chi connectivity index (χ0n) is 11.0. The molecule has 17 heavy (non-hydrogen) atoms. The Morgan fingerprint density at radius 2 is 1.94 bits per heavy atom. The molecule has 1 aromatic rings. The summed E-state index contributed by atoms with van der Waals surface area (Å²) in [6.07, 6.45) is 1.95. The van der Waals surface area contributed by atoms with Gasteiger partial charge in [0.2, 0.25) is 0 Å². The van der Waals surface area contributed by atoms with Gasteiger partial charge < -0.3 is 4.90 Å². The number of anilines is 1. The largest absolute Gasteiger partial charge is 0.371 e. The zero-order valence-corrected chi connectivity index (χ0v) is 11.0. The van der Waals surface area contributed by atoms with E-state index in [4.69, 9.17) is 0 Å². The van der Waals surface area contributed by atoms with Crippen LogP contribution in [-0.2, 0) is 0 Å². The second-order valence-corrected chi connectivity index (χ2v) is 4.27. The van der Waals surface area contributed by atoms with Gasteiger partial charge in [-0.2, -0.15) is 0 Å². The van der Waals surface area contributed by atoms with Crippen molar-refractivity contribution in [3.8, 4) is 0 Å². The fourth-order valence-corrected chi connectivity index (χ4v) is 2.19. The molecule has 0 aromatic heterocycles. The maximum absolute atomic E-state index is 13.7. The Morgan fingerprint density at radius 3 is 2.41 bits per heavy atom. The Bertz CT molecular complexity index is 399. The monoisotopic (exact) mass is 237 g/mol. The SMILES string of the molecule is CCC(CC)N(C)c1cccc(F)c1C(C)=O. The molecule has 0 heterocycles. The van der Waals surface area contributed by atoms with Crippen LogP contribution in [0.2, 0.25) is 0 Å². The molecule has 1 aromatic carbocycles. The molecule has 94 valence electrons. The third-order valence-electron chi connectivity index (χ3n) is 3.21. The van der Waals surface area contributed by atoms with Crippen LogP contribution in [0.3, 0.4) is 0 Å². The van der Waals surface area contributed by atoms with Gasteiger partial charge in [-0.05, 0) is 31.9 Å². The van der Waals surface area contributed by atoms with Crippen LogP contribution < -0.4 is 4.90 Å². The Labute approximate surface area is 102 Å². The maximum atomic E-state index is 13.7. The van der Waals surface area contributed by atoms with Gasteiger partial charge in [0, 0.05) is 13.1 Å². The minimum atomic E-state index is -0.437. The van der Waals surface area contributed by atoms with Crippen molar-refractivity contribution in [1.82, 2.24) is 0 Å². The Morgan fingerprint density at radius 1 is 1.35 bits per heavy atom. The summed E-state index contributed by atoms with van der Waals surface area (Å²) in [5.41, 5.74) is 0.883. The van der Waals surface area contributed by atoms with E-state index in [1.807, 2.05) is 11.9 Å². The lowest BCUT2D eigenvalue weighted by atomic mass is 10.0. The minimum absolute atomic E-state index is 0.196. The zero-order chi connectivity index (χ0) is 13.0. The van der Waals surface area contributed by atoms with Gasteiger partial charge in [0.1, 0.15) is 5.82 Å². The number of benzene rings is 1. The molecule has 0 N–H and O–H groups in total. The second-order valence-electron chi connectivity index (χ2n) is 4.27. The van der Waals surface area contributed by atoms with Crippen LogP contribution in [0.4, 0.5) is 10.1 Å². The molecule has 1 rings (SSSR count). The van der Waals surface area contributed by atoms with E-state index in [0.717, 1.165) is 12.8 Å². The van der Waals surface area contributed by atoms with E-state index >= 15 is 0 Å². The number of rotatable bonds is 5. The Kier molecular flexibility index (Phi) is 4.67. The lowest BCUT2D eigenvalue weighted by Crippen LogP contribution is -2.31. The van der Waals surface area contributed by atoms with E-state index in [-0.39, 0.29) is 11.3 Å². The highest BCUT2D eigenvalue weighted by molar-refractivity contribution is 6.00. The standard InChI is InChI=1S/C14H20FNO/c1-5-11(6-2)16(4)13-9-7-8-12(15)14(13)10(3)17/h7-9,11H,5-6H2,1-4H3. The average Bonchev–Trinajstić information content (AvgIpc) is 2.29. The van der Waals surface area contributed by atoms with Gasteiger partial charge >= 0.3 is 0 Å². The average molecular weight is 237 g/mol. The second kappa shape index (κ2) is 5.80. The summed E-state index contributed by atoms with van der Waals surface area (Å²) < 4.78 is 13.7. The molecular formula is C14H20FNO. The lowest BCUT2D eigenvalue weighted by molar-refractivity contribution is 0.101. The smallest absolute Gasteiger partial charge is 0.164 e. The van der Waals surface area contributed by atoms with Crippen LogP contribution in [0.15, 0.2) is 18.2 Å². The summed E-state index contributed by atoms with van der Waals surface area (Å²) in [5.74, 6) is -0.663. The first-order chi connectivity index (χ1) is 8.02. The van der Waals surface area contributed by atoms with Crippen molar-refractivity contribution in [2.45, 2.75) is 39.7 Å². The molecule has 0 saturated heterocycles. The summed E-state index contributed by atoms with van der Waals surface area (Å²) in [4.78, 5) is 13.5. The van der Waals surface area contributed by atoms with Crippen LogP contribution in [0.25, 0.3) is 0 Å². The third-order valence-corrected chi connectivity index (χ3v) is 3.21. The summed E-state index contributed by atoms with van der Waals surface area (Å²) >= 11 is 0. The molecule has 0 aliphatic rings. The molecule has 0 saturated carbocycles. The molecule has 0 unspecified atom stereocenters. The van der Waals surface area contributed by atoms with Gasteiger partial charge in [0.05, 0.1) is 11.3 Å². The van der Waals surface area contributed by atoms with E-state index < -0.39 is 5.82 Å². The molecule has 0 aliphatic heterocycles. The van der Waals surface area contributed by atoms with Gasteiger partial charge in [-0.3, -0.25) is 4.79 Å². The van der Waals surface area contributed by atoms with Crippen LogP contribution in [0, 0.1) is 5.82 Å². The predicted octanol–water partition coefficient (Wildman–Crippen LogP) is 3.65. The Balaban J connectivity index is 3.21. The molecule has 0 atom stereocenters. The van der Waals surface area contributed by atoms with Gasteiger partial charge in [-0.1, -0.05) is 19.9 Å². The van der Waals surface area contributed by atoms with Gasteiger partial charge in [-0.15, -0.1) is 0 Å². The number of hydrogen-bond donors (Lipinski definition) is 0. The first-order valence-electron chi connectivity index (χ1n) is 6.05. The van der Waals surface area contributed by atoms with Gasteiger partial charge in [0.15, 0.2) is 5.78 Å². The van der Waals surface area contributed by atoms with Crippen molar-refractivity contribution in [2.75, 3.05) is 11.9 Å². The summed E-state index contributed by atoms with van der Waals surface area (Å²) in [6, 6.07) is 5.12.